The molecule has 0 aromatic heterocycles. The van der Waals surface area contributed by atoms with Crippen molar-refractivity contribution in [2.24, 2.45) is 0 Å². The highest BCUT2D eigenvalue weighted by Crippen LogP contribution is 2.24. The number of halogens is 1. The molecule has 0 bridgehead atoms. The summed E-state index contributed by atoms with van der Waals surface area (Å²) in [5.41, 5.74) is 1.70. The second-order valence-corrected chi connectivity index (χ2v) is 6.89. The third-order valence-corrected chi connectivity index (χ3v) is 4.40. The largest absolute Gasteiger partial charge is 0.496 e. The molecule has 158 valence electrons. The highest BCUT2D eigenvalue weighted by Gasteiger charge is 2.14. The van der Waals surface area contributed by atoms with Crippen molar-refractivity contribution in [3.63, 3.8) is 0 Å². The average Bonchev–Trinajstić information content (AvgIpc) is 2.74. The van der Waals surface area contributed by atoms with Crippen LogP contribution < -0.4 is 20.1 Å². The molecule has 0 heterocycles. The molecule has 31 heavy (non-hydrogen) atoms. The van der Waals surface area contributed by atoms with Crippen LogP contribution in [0, 0.1) is 0 Å². The second-order valence-electron chi connectivity index (χ2n) is 6.45. The van der Waals surface area contributed by atoms with Crippen molar-refractivity contribution in [2.45, 2.75) is 6.92 Å². The van der Waals surface area contributed by atoms with Crippen molar-refractivity contribution >= 4 is 40.8 Å². The number of hydrogen-bond donors (Lipinski definition) is 2. The third-order valence-electron chi connectivity index (χ3n) is 4.16. The summed E-state index contributed by atoms with van der Waals surface area (Å²) in [5.74, 6) is -0.519. The summed E-state index contributed by atoms with van der Waals surface area (Å²) in [4.78, 5) is 36.1. The van der Waals surface area contributed by atoms with E-state index in [0.29, 0.717) is 33.3 Å². The van der Waals surface area contributed by atoms with Crippen LogP contribution in [0.3, 0.4) is 0 Å². The van der Waals surface area contributed by atoms with Gasteiger partial charge >= 0.3 is 5.97 Å². The Morgan fingerprint density at radius 1 is 0.839 bits per heavy atom. The predicted molar refractivity (Wildman–Crippen MR) is 118 cm³/mol. The molecule has 0 saturated heterocycles. The molecule has 0 spiro atoms. The van der Waals surface area contributed by atoms with Crippen LogP contribution >= 0.6 is 11.6 Å². The summed E-state index contributed by atoms with van der Waals surface area (Å²) in [7, 11) is 1.47. The molecule has 3 aromatic rings. The van der Waals surface area contributed by atoms with E-state index < -0.39 is 5.97 Å². The maximum Gasteiger partial charge on any atom is 0.308 e. The lowest BCUT2D eigenvalue weighted by molar-refractivity contribution is -0.131. The number of amides is 2. The number of benzene rings is 3. The first-order valence-electron chi connectivity index (χ1n) is 9.20. The van der Waals surface area contributed by atoms with E-state index in [2.05, 4.69) is 10.6 Å². The van der Waals surface area contributed by atoms with Gasteiger partial charge in [-0.05, 0) is 60.7 Å². The van der Waals surface area contributed by atoms with Gasteiger partial charge in [-0.25, -0.2) is 0 Å². The number of rotatable bonds is 6. The van der Waals surface area contributed by atoms with Crippen LogP contribution in [0.4, 0.5) is 11.4 Å². The van der Waals surface area contributed by atoms with E-state index in [1.54, 1.807) is 54.6 Å². The molecule has 0 radical (unpaired) electrons. The monoisotopic (exact) mass is 438 g/mol. The Labute approximate surface area is 183 Å². The van der Waals surface area contributed by atoms with Gasteiger partial charge in [0.25, 0.3) is 11.8 Å². The summed E-state index contributed by atoms with van der Waals surface area (Å²) >= 11 is 5.97. The summed E-state index contributed by atoms with van der Waals surface area (Å²) < 4.78 is 10.2. The molecule has 3 aromatic carbocycles. The van der Waals surface area contributed by atoms with Crippen LogP contribution in [0.25, 0.3) is 0 Å². The van der Waals surface area contributed by atoms with E-state index in [0.717, 1.165) is 0 Å². The second kappa shape index (κ2) is 9.77. The highest BCUT2D eigenvalue weighted by molar-refractivity contribution is 6.31. The molecule has 0 unspecified atom stereocenters. The van der Waals surface area contributed by atoms with E-state index in [4.69, 9.17) is 21.1 Å². The van der Waals surface area contributed by atoms with Crippen molar-refractivity contribution < 1.29 is 23.9 Å². The van der Waals surface area contributed by atoms with E-state index in [1.165, 1.54) is 26.2 Å². The lowest BCUT2D eigenvalue weighted by Crippen LogP contribution is -2.14. The minimum atomic E-state index is -0.467. The van der Waals surface area contributed by atoms with Crippen molar-refractivity contribution in [1.29, 1.82) is 0 Å². The van der Waals surface area contributed by atoms with Gasteiger partial charge in [0.15, 0.2) is 0 Å². The van der Waals surface area contributed by atoms with Crippen LogP contribution in [0.2, 0.25) is 5.02 Å². The van der Waals surface area contributed by atoms with Gasteiger partial charge in [0.05, 0.1) is 12.7 Å². The van der Waals surface area contributed by atoms with Crippen LogP contribution in [-0.2, 0) is 4.79 Å². The Bertz CT molecular complexity index is 1130. The number of methoxy groups -OCH3 is 1. The minimum absolute atomic E-state index is 0.287. The topological polar surface area (TPSA) is 93.7 Å². The quantitative estimate of drug-likeness (QED) is 0.426. The van der Waals surface area contributed by atoms with Crippen molar-refractivity contribution in [3.05, 3.63) is 82.9 Å². The summed E-state index contributed by atoms with van der Waals surface area (Å²) in [6.45, 7) is 1.29. The van der Waals surface area contributed by atoms with Gasteiger partial charge in [-0.15, -0.1) is 0 Å². The molecule has 0 aliphatic carbocycles. The lowest BCUT2D eigenvalue weighted by Gasteiger charge is -2.11. The maximum atomic E-state index is 12.5. The Hall–Kier alpha value is -3.84. The average molecular weight is 439 g/mol. The Kier molecular flexibility index (Phi) is 6.89. The molecule has 0 atom stereocenters. The fourth-order valence-electron chi connectivity index (χ4n) is 2.76. The molecule has 0 aliphatic rings. The fourth-order valence-corrected chi connectivity index (χ4v) is 2.94. The fraction of sp³-hybridized carbons (Fsp3) is 0.0870. The van der Waals surface area contributed by atoms with Gasteiger partial charge in [0, 0.05) is 28.9 Å². The molecule has 2 amide bonds. The zero-order valence-electron chi connectivity index (χ0n) is 16.8. The van der Waals surface area contributed by atoms with Gasteiger partial charge in [-0.3, -0.25) is 14.4 Å². The van der Waals surface area contributed by atoms with Gasteiger partial charge in [-0.2, -0.15) is 0 Å². The first-order valence-corrected chi connectivity index (χ1v) is 9.58. The first kappa shape index (κ1) is 21.9. The van der Waals surface area contributed by atoms with E-state index in [-0.39, 0.29) is 17.6 Å². The number of ether oxygens (including phenoxy) is 2. The van der Waals surface area contributed by atoms with Gasteiger partial charge in [-0.1, -0.05) is 17.7 Å². The number of carbonyl (C=O) groups is 3. The summed E-state index contributed by atoms with van der Waals surface area (Å²) in [6, 6.07) is 17.7. The molecule has 2 N–H and O–H groups in total. The molecule has 0 aliphatic heterocycles. The smallest absolute Gasteiger partial charge is 0.308 e. The molecular formula is C23H19ClN2O5. The number of carbonyl (C=O) groups excluding carboxylic acids is 3. The van der Waals surface area contributed by atoms with Crippen molar-refractivity contribution in [2.75, 3.05) is 17.7 Å². The Balaban J connectivity index is 1.67. The van der Waals surface area contributed by atoms with Crippen LogP contribution in [0.15, 0.2) is 66.7 Å². The molecule has 0 fully saturated rings. The van der Waals surface area contributed by atoms with Crippen molar-refractivity contribution in [1.82, 2.24) is 0 Å². The number of esters is 1. The minimum Gasteiger partial charge on any atom is -0.496 e. The third kappa shape index (κ3) is 5.83. The predicted octanol–water partition coefficient (Wildman–Crippen LogP) is 4.78. The van der Waals surface area contributed by atoms with E-state index >= 15 is 0 Å². The Morgan fingerprint density at radius 3 is 2.10 bits per heavy atom. The maximum absolute atomic E-state index is 12.5. The highest BCUT2D eigenvalue weighted by atomic mass is 35.5. The molecule has 0 saturated carbocycles. The summed E-state index contributed by atoms with van der Waals surface area (Å²) in [6.07, 6.45) is 0. The van der Waals surface area contributed by atoms with Gasteiger partial charge < -0.3 is 20.1 Å². The summed E-state index contributed by atoms with van der Waals surface area (Å²) in [5, 5.41) is 5.92. The Morgan fingerprint density at radius 2 is 1.48 bits per heavy atom. The van der Waals surface area contributed by atoms with Crippen molar-refractivity contribution in [3.8, 4) is 11.5 Å². The first-order chi connectivity index (χ1) is 14.9. The zero-order chi connectivity index (χ0) is 22.4. The van der Waals surface area contributed by atoms with Crippen LogP contribution in [0.1, 0.15) is 27.6 Å². The van der Waals surface area contributed by atoms with E-state index in [9.17, 15) is 14.4 Å². The number of anilines is 2. The van der Waals surface area contributed by atoms with E-state index in [1.807, 2.05) is 0 Å². The normalized spacial score (nSPS) is 10.2. The lowest BCUT2D eigenvalue weighted by atomic mass is 10.1. The molecular weight excluding hydrogens is 420 g/mol. The van der Waals surface area contributed by atoms with Gasteiger partial charge in [0.1, 0.15) is 11.5 Å². The SMILES string of the molecule is COc1ccc(Cl)cc1C(=O)Nc1ccc(NC(=O)c2cccc(OC(C)=O)c2)cc1. The van der Waals surface area contributed by atoms with Gasteiger partial charge in [0.2, 0.25) is 0 Å². The van der Waals surface area contributed by atoms with Crippen LogP contribution in [0.5, 0.6) is 11.5 Å². The number of nitrogens with one attached hydrogen (secondary N) is 2. The molecule has 3 rings (SSSR count). The molecule has 8 heteroatoms. The standard InChI is InChI=1S/C23H19ClN2O5/c1-14(27)31-19-5-3-4-15(12-19)22(28)25-17-7-9-18(10-8-17)26-23(29)20-13-16(24)6-11-21(20)30-2/h3-13H,1-2H3,(H,25,28)(H,26,29). The van der Waals surface area contributed by atoms with Crippen LogP contribution in [-0.4, -0.2) is 24.9 Å². The molecule has 7 nitrogen and oxygen atoms in total. The zero-order valence-corrected chi connectivity index (χ0v) is 17.5. The number of hydrogen-bond acceptors (Lipinski definition) is 5.